The zero-order valence-electron chi connectivity index (χ0n) is 18.8. The van der Waals surface area contributed by atoms with Gasteiger partial charge in [-0.05, 0) is 49.2 Å². The summed E-state index contributed by atoms with van der Waals surface area (Å²) in [6.45, 7) is -0.505. The summed E-state index contributed by atoms with van der Waals surface area (Å²) in [6, 6.07) is 10.9. The predicted octanol–water partition coefficient (Wildman–Crippen LogP) is 2.95. The van der Waals surface area contributed by atoms with Crippen molar-refractivity contribution >= 4 is 35.1 Å². The standard InChI is InChI=1S/C25H24N2O7/c1-32-17-11-12-20(21(13-17)33-2)26-22(28)14-34-25(31)15-7-9-16(10-8-15)27-23(29)18-5-3-4-6-19(18)24(27)30/h3-4,7-13,18-19H,5-6,14H2,1-2H3,(H,26,28)/t18-,19-/m1/s1. The van der Waals surface area contributed by atoms with E-state index in [0.29, 0.717) is 35.7 Å². The van der Waals surface area contributed by atoms with Gasteiger partial charge in [0.2, 0.25) is 11.8 Å². The van der Waals surface area contributed by atoms with Crippen molar-refractivity contribution in [2.45, 2.75) is 12.8 Å². The van der Waals surface area contributed by atoms with E-state index >= 15 is 0 Å². The summed E-state index contributed by atoms with van der Waals surface area (Å²) in [5.74, 6) is -1.39. The Morgan fingerprint density at radius 2 is 1.59 bits per heavy atom. The van der Waals surface area contributed by atoms with E-state index in [1.807, 2.05) is 12.2 Å². The fourth-order valence-electron chi connectivity index (χ4n) is 4.10. The first-order valence-corrected chi connectivity index (χ1v) is 10.7. The van der Waals surface area contributed by atoms with Gasteiger partial charge in [-0.25, -0.2) is 4.79 Å². The summed E-state index contributed by atoms with van der Waals surface area (Å²) in [6.07, 6.45) is 4.97. The van der Waals surface area contributed by atoms with Crippen LogP contribution in [0.15, 0.2) is 54.6 Å². The van der Waals surface area contributed by atoms with E-state index in [2.05, 4.69) is 5.32 Å². The first kappa shape index (κ1) is 23.0. The summed E-state index contributed by atoms with van der Waals surface area (Å²) in [5.41, 5.74) is 1.01. The number of anilines is 2. The molecule has 0 spiro atoms. The highest BCUT2D eigenvalue weighted by molar-refractivity contribution is 6.22. The second-order valence-corrected chi connectivity index (χ2v) is 7.91. The maximum Gasteiger partial charge on any atom is 0.338 e. The molecular weight excluding hydrogens is 440 g/mol. The fraction of sp³-hybridized carbons (Fsp3) is 0.280. The lowest BCUT2D eigenvalue weighted by Gasteiger charge is -2.15. The molecule has 34 heavy (non-hydrogen) atoms. The van der Waals surface area contributed by atoms with Gasteiger partial charge in [-0.1, -0.05) is 12.2 Å². The second-order valence-electron chi connectivity index (χ2n) is 7.91. The van der Waals surface area contributed by atoms with Crippen LogP contribution in [0.25, 0.3) is 0 Å². The van der Waals surface area contributed by atoms with Crippen LogP contribution in [-0.2, 0) is 19.1 Å². The third-order valence-corrected chi connectivity index (χ3v) is 5.89. The average molecular weight is 464 g/mol. The Bertz CT molecular complexity index is 1130. The van der Waals surface area contributed by atoms with Crippen molar-refractivity contribution < 1.29 is 33.4 Å². The Labute approximate surface area is 196 Å². The number of hydrogen-bond donors (Lipinski definition) is 1. The number of rotatable bonds is 7. The first-order chi connectivity index (χ1) is 16.4. The van der Waals surface area contributed by atoms with Crippen LogP contribution in [0.2, 0.25) is 0 Å². The second kappa shape index (κ2) is 9.78. The Balaban J connectivity index is 1.35. The molecule has 2 aliphatic rings. The van der Waals surface area contributed by atoms with Gasteiger partial charge in [0.1, 0.15) is 11.5 Å². The largest absolute Gasteiger partial charge is 0.497 e. The van der Waals surface area contributed by atoms with Crippen molar-refractivity contribution in [2.75, 3.05) is 31.0 Å². The van der Waals surface area contributed by atoms with Gasteiger partial charge in [-0.2, -0.15) is 0 Å². The van der Waals surface area contributed by atoms with E-state index < -0.39 is 18.5 Å². The maximum atomic E-state index is 12.7. The van der Waals surface area contributed by atoms with Gasteiger partial charge in [0.25, 0.3) is 5.91 Å². The lowest BCUT2D eigenvalue weighted by Crippen LogP contribution is -2.30. The molecule has 2 aromatic rings. The Kier molecular flexibility index (Phi) is 6.62. The zero-order valence-corrected chi connectivity index (χ0v) is 18.8. The lowest BCUT2D eigenvalue weighted by molar-refractivity contribution is -0.122. The number of methoxy groups -OCH3 is 2. The number of carbonyl (C=O) groups is 4. The Hall–Kier alpha value is -4.14. The molecule has 0 aromatic heterocycles. The molecule has 9 heteroatoms. The van der Waals surface area contributed by atoms with Crippen molar-refractivity contribution in [1.29, 1.82) is 0 Å². The molecule has 1 heterocycles. The van der Waals surface area contributed by atoms with E-state index in [0.717, 1.165) is 0 Å². The van der Waals surface area contributed by atoms with Crippen molar-refractivity contribution in [3.05, 3.63) is 60.2 Å². The number of hydrogen-bond acceptors (Lipinski definition) is 7. The van der Waals surface area contributed by atoms with E-state index in [1.54, 1.807) is 18.2 Å². The van der Waals surface area contributed by atoms with Gasteiger partial charge in [0, 0.05) is 6.07 Å². The summed E-state index contributed by atoms with van der Waals surface area (Å²) >= 11 is 0. The molecular formula is C25H24N2O7. The number of esters is 1. The molecule has 9 nitrogen and oxygen atoms in total. The summed E-state index contributed by atoms with van der Waals surface area (Å²) in [7, 11) is 2.98. The van der Waals surface area contributed by atoms with Crippen molar-refractivity contribution in [3.63, 3.8) is 0 Å². The zero-order chi connectivity index (χ0) is 24.2. The molecule has 1 fully saturated rings. The molecule has 1 aliphatic heterocycles. The number of amides is 3. The van der Waals surface area contributed by atoms with E-state index in [9.17, 15) is 19.2 Å². The number of imide groups is 1. The van der Waals surface area contributed by atoms with Gasteiger partial charge < -0.3 is 19.5 Å². The molecule has 0 bridgehead atoms. The molecule has 2 aromatic carbocycles. The van der Waals surface area contributed by atoms with Crippen LogP contribution in [0.1, 0.15) is 23.2 Å². The topological polar surface area (TPSA) is 111 Å². The van der Waals surface area contributed by atoms with Gasteiger partial charge in [-0.15, -0.1) is 0 Å². The lowest BCUT2D eigenvalue weighted by atomic mass is 9.85. The van der Waals surface area contributed by atoms with E-state index in [4.69, 9.17) is 14.2 Å². The molecule has 1 saturated heterocycles. The minimum Gasteiger partial charge on any atom is -0.497 e. The summed E-state index contributed by atoms with van der Waals surface area (Å²) < 4.78 is 15.4. The van der Waals surface area contributed by atoms with Gasteiger partial charge in [0.05, 0.1) is 43.0 Å². The smallest absolute Gasteiger partial charge is 0.338 e. The van der Waals surface area contributed by atoms with Crippen LogP contribution in [0.5, 0.6) is 11.5 Å². The van der Waals surface area contributed by atoms with Crippen LogP contribution in [0.4, 0.5) is 11.4 Å². The highest BCUT2D eigenvalue weighted by Gasteiger charge is 2.47. The maximum absolute atomic E-state index is 12.7. The van der Waals surface area contributed by atoms with Crippen molar-refractivity contribution in [2.24, 2.45) is 11.8 Å². The molecule has 176 valence electrons. The number of carbonyl (C=O) groups excluding carboxylic acids is 4. The average Bonchev–Trinajstić information content (AvgIpc) is 3.12. The molecule has 0 radical (unpaired) electrons. The number of nitrogens with one attached hydrogen (secondary N) is 1. The summed E-state index contributed by atoms with van der Waals surface area (Å²) in [4.78, 5) is 51.2. The Morgan fingerprint density at radius 1 is 0.941 bits per heavy atom. The molecule has 1 aliphatic carbocycles. The third kappa shape index (κ3) is 4.50. The number of ether oxygens (including phenoxy) is 3. The quantitative estimate of drug-likeness (QED) is 0.381. The van der Waals surface area contributed by atoms with Gasteiger partial charge in [0.15, 0.2) is 6.61 Å². The predicted molar refractivity (Wildman–Crippen MR) is 123 cm³/mol. The van der Waals surface area contributed by atoms with Crippen LogP contribution in [-0.4, -0.2) is 44.5 Å². The van der Waals surface area contributed by atoms with Crippen molar-refractivity contribution in [3.8, 4) is 11.5 Å². The molecule has 0 saturated carbocycles. The normalized spacial score (nSPS) is 18.9. The van der Waals surface area contributed by atoms with Gasteiger partial charge in [-0.3, -0.25) is 19.3 Å². The highest BCUT2D eigenvalue weighted by Crippen LogP contribution is 2.37. The number of nitrogens with zero attached hydrogens (tertiary/aromatic N) is 1. The molecule has 0 unspecified atom stereocenters. The summed E-state index contributed by atoms with van der Waals surface area (Å²) in [5, 5.41) is 2.62. The minimum atomic E-state index is -0.708. The first-order valence-electron chi connectivity index (χ1n) is 10.7. The fourth-order valence-corrected chi connectivity index (χ4v) is 4.10. The number of fused-ring (bicyclic) bond motifs is 1. The molecule has 3 amide bonds. The van der Waals surface area contributed by atoms with Crippen LogP contribution in [0, 0.1) is 11.8 Å². The van der Waals surface area contributed by atoms with Gasteiger partial charge >= 0.3 is 5.97 Å². The molecule has 4 rings (SSSR count). The van der Waals surface area contributed by atoms with Crippen LogP contribution < -0.4 is 19.7 Å². The SMILES string of the molecule is COc1ccc(NC(=O)COC(=O)c2ccc(N3C(=O)[C@@H]4CC=CC[C@H]4C3=O)cc2)c(OC)c1. The van der Waals surface area contributed by atoms with Crippen LogP contribution in [0.3, 0.4) is 0 Å². The monoisotopic (exact) mass is 464 g/mol. The van der Waals surface area contributed by atoms with Crippen molar-refractivity contribution in [1.82, 2.24) is 0 Å². The minimum absolute atomic E-state index is 0.191. The third-order valence-electron chi connectivity index (χ3n) is 5.89. The molecule has 2 atom stereocenters. The van der Waals surface area contributed by atoms with E-state index in [1.165, 1.54) is 43.4 Å². The van der Waals surface area contributed by atoms with E-state index in [-0.39, 0.29) is 29.2 Å². The number of benzene rings is 2. The molecule has 1 N–H and O–H groups in total. The highest BCUT2D eigenvalue weighted by atomic mass is 16.5. The van der Waals surface area contributed by atoms with Crippen LogP contribution >= 0.6 is 0 Å². The number of allylic oxidation sites excluding steroid dienone is 2. The Morgan fingerprint density at radius 3 is 2.18 bits per heavy atom.